The van der Waals surface area contributed by atoms with Crippen LogP contribution >= 0.6 is 11.8 Å². The fourth-order valence-corrected chi connectivity index (χ4v) is 5.47. The number of hydrogen-bond donors (Lipinski definition) is 4. The Hall–Kier alpha value is -1.35. The van der Waals surface area contributed by atoms with E-state index in [0.717, 1.165) is 38.5 Å². The number of aliphatic hydroxyl groups excluding tert-OH is 3. The molecule has 31 heavy (non-hydrogen) atoms. The minimum atomic E-state index is -0.760. The van der Waals surface area contributed by atoms with Crippen molar-refractivity contribution in [2.24, 2.45) is 5.92 Å². The molecular weight excluding hydrogens is 423 g/mol. The molecular formula is C23H35FO6S. The predicted octanol–water partition coefficient (Wildman–Crippen LogP) is 3.61. The van der Waals surface area contributed by atoms with Crippen LogP contribution in [0.2, 0.25) is 0 Å². The zero-order chi connectivity index (χ0) is 22.6. The second-order valence-corrected chi connectivity index (χ2v) is 9.52. The molecule has 1 aliphatic carbocycles. The first-order chi connectivity index (χ1) is 14.9. The molecule has 1 aromatic rings. The third-order valence-corrected chi connectivity index (χ3v) is 7.30. The van der Waals surface area contributed by atoms with Gasteiger partial charge in [0.25, 0.3) is 0 Å². The molecule has 0 saturated heterocycles. The van der Waals surface area contributed by atoms with Crippen molar-refractivity contribution in [3.63, 3.8) is 0 Å². The molecule has 1 aliphatic rings. The highest BCUT2D eigenvalue weighted by Gasteiger charge is 2.41. The Morgan fingerprint density at radius 1 is 1.13 bits per heavy atom. The van der Waals surface area contributed by atoms with E-state index in [1.807, 2.05) is 0 Å². The third kappa shape index (κ3) is 9.76. The number of aliphatic hydroxyl groups is 3. The van der Waals surface area contributed by atoms with E-state index in [-0.39, 0.29) is 24.2 Å². The van der Waals surface area contributed by atoms with E-state index in [9.17, 15) is 24.5 Å². The molecule has 6 nitrogen and oxygen atoms in total. The van der Waals surface area contributed by atoms with Crippen molar-refractivity contribution < 1.29 is 34.3 Å². The SMILES string of the molecule is O=C(O)CCCCCCCCC1C(O)CC(O)C1SCC(O)COc1cccc(F)c1. The molecule has 8 heteroatoms. The average molecular weight is 459 g/mol. The molecule has 0 radical (unpaired) electrons. The number of ether oxygens (including phenoxy) is 1. The van der Waals surface area contributed by atoms with Crippen molar-refractivity contribution in [2.75, 3.05) is 12.4 Å². The average Bonchev–Trinajstić information content (AvgIpc) is 2.99. The maximum Gasteiger partial charge on any atom is 0.303 e. The lowest BCUT2D eigenvalue weighted by molar-refractivity contribution is -0.137. The van der Waals surface area contributed by atoms with Crippen molar-refractivity contribution in [2.45, 2.75) is 81.3 Å². The molecule has 1 fully saturated rings. The highest BCUT2D eigenvalue weighted by molar-refractivity contribution is 8.00. The summed E-state index contributed by atoms with van der Waals surface area (Å²) >= 11 is 1.46. The summed E-state index contributed by atoms with van der Waals surface area (Å²) in [5, 5.41) is 39.4. The summed E-state index contributed by atoms with van der Waals surface area (Å²) in [4.78, 5) is 10.5. The van der Waals surface area contributed by atoms with Crippen molar-refractivity contribution in [1.29, 1.82) is 0 Å². The van der Waals surface area contributed by atoms with E-state index in [0.29, 0.717) is 24.3 Å². The molecule has 0 aromatic heterocycles. The van der Waals surface area contributed by atoms with Gasteiger partial charge in [0.1, 0.15) is 18.2 Å². The normalized spacial score (nSPS) is 24.3. The minimum Gasteiger partial charge on any atom is -0.491 e. The minimum absolute atomic E-state index is 0.0108. The summed E-state index contributed by atoms with van der Waals surface area (Å²) < 4.78 is 18.6. The van der Waals surface area contributed by atoms with Crippen LogP contribution in [0.15, 0.2) is 24.3 Å². The molecule has 0 amide bonds. The van der Waals surface area contributed by atoms with Crippen molar-refractivity contribution in [1.82, 2.24) is 0 Å². The zero-order valence-electron chi connectivity index (χ0n) is 17.9. The summed E-state index contributed by atoms with van der Waals surface area (Å²) in [5.41, 5.74) is 0. The maximum absolute atomic E-state index is 13.2. The van der Waals surface area contributed by atoms with Crippen LogP contribution < -0.4 is 4.74 Å². The molecule has 0 bridgehead atoms. The van der Waals surface area contributed by atoms with Crippen LogP contribution in [-0.4, -0.2) is 62.3 Å². The second kappa shape index (κ2) is 13.9. The molecule has 4 N–H and O–H groups in total. The van der Waals surface area contributed by atoms with Crippen LogP contribution in [0, 0.1) is 11.7 Å². The smallest absolute Gasteiger partial charge is 0.303 e. The fourth-order valence-electron chi connectivity index (χ4n) is 4.03. The summed E-state index contributed by atoms with van der Waals surface area (Å²) in [6.07, 6.45) is 5.17. The Balaban J connectivity index is 1.65. The number of carboxylic acid groups (broad SMARTS) is 1. The van der Waals surface area contributed by atoms with Gasteiger partial charge >= 0.3 is 5.97 Å². The second-order valence-electron chi connectivity index (χ2n) is 8.31. The molecule has 0 heterocycles. The Bertz CT molecular complexity index is 661. The Morgan fingerprint density at radius 2 is 1.84 bits per heavy atom. The van der Waals surface area contributed by atoms with Crippen LogP contribution in [0.5, 0.6) is 5.75 Å². The molecule has 0 spiro atoms. The largest absolute Gasteiger partial charge is 0.491 e. The number of benzene rings is 1. The predicted molar refractivity (Wildman–Crippen MR) is 119 cm³/mol. The summed E-state index contributed by atoms with van der Waals surface area (Å²) in [6.45, 7) is 0.0361. The number of thioether (sulfide) groups is 1. The monoisotopic (exact) mass is 458 g/mol. The van der Waals surface area contributed by atoms with Gasteiger partial charge in [0.05, 0.1) is 18.3 Å². The van der Waals surface area contributed by atoms with Crippen molar-refractivity contribution in [3.8, 4) is 5.75 Å². The van der Waals surface area contributed by atoms with Crippen LogP contribution in [0.25, 0.3) is 0 Å². The van der Waals surface area contributed by atoms with Gasteiger partial charge in [-0.1, -0.05) is 38.2 Å². The lowest BCUT2D eigenvalue weighted by atomic mass is 9.96. The zero-order valence-corrected chi connectivity index (χ0v) is 18.7. The molecule has 2 rings (SSSR count). The number of hydrogen-bond acceptors (Lipinski definition) is 6. The quantitative estimate of drug-likeness (QED) is 0.297. The number of unbranched alkanes of at least 4 members (excludes halogenated alkanes) is 5. The van der Waals surface area contributed by atoms with Gasteiger partial charge in [-0.25, -0.2) is 4.39 Å². The topological polar surface area (TPSA) is 107 Å². The highest BCUT2D eigenvalue weighted by atomic mass is 32.2. The fraction of sp³-hybridized carbons (Fsp3) is 0.696. The molecule has 1 saturated carbocycles. The van der Waals surface area contributed by atoms with E-state index >= 15 is 0 Å². The molecule has 5 atom stereocenters. The van der Waals surface area contributed by atoms with Gasteiger partial charge < -0.3 is 25.2 Å². The van der Waals surface area contributed by atoms with Gasteiger partial charge in [0.15, 0.2) is 0 Å². The van der Waals surface area contributed by atoms with Crippen LogP contribution in [-0.2, 0) is 4.79 Å². The van der Waals surface area contributed by atoms with E-state index in [4.69, 9.17) is 9.84 Å². The Labute approximate surface area is 187 Å². The Morgan fingerprint density at radius 3 is 2.55 bits per heavy atom. The van der Waals surface area contributed by atoms with Gasteiger partial charge in [0.2, 0.25) is 0 Å². The molecule has 176 valence electrons. The van der Waals surface area contributed by atoms with E-state index < -0.39 is 30.1 Å². The van der Waals surface area contributed by atoms with Gasteiger partial charge in [0, 0.05) is 29.9 Å². The van der Waals surface area contributed by atoms with Gasteiger partial charge in [-0.05, 0) is 30.9 Å². The van der Waals surface area contributed by atoms with Crippen LogP contribution in [0.4, 0.5) is 4.39 Å². The highest BCUT2D eigenvalue weighted by Crippen LogP contribution is 2.39. The lowest BCUT2D eigenvalue weighted by Crippen LogP contribution is -2.28. The summed E-state index contributed by atoms with van der Waals surface area (Å²) in [5.74, 6) is -0.427. The van der Waals surface area contributed by atoms with Crippen LogP contribution in [0.1, 0.15) is 57.8 Å². The standard InChI is InChI=1S/C23H35FO6S/c24-16-8-7-9-18(12-16)30-14-17(25)15-31-23-19(20(26)13-21(23)27)10-5-3-1-2-4-6-11-22(28)29/h7-9,12,17,19-21,23,25-27H,1-6,10-11,13-15H2,(H,28,29). The molecule has 5 unspecified atom stereocenters. The first-order valence-electron chi connectivity index (χ1n) is 11.1. The number of rotatable bonds is 15. The van der Waals surface area contributed by atoms with E-state index in [1.165, 1.54) is 23.9 Å². The van der Waals surface area contributed by atoms with E-state index in [1.54, 1.807) is 12.1 Å². The van der Waals surface area contributed by atoms with Crippen LogP contribution in [0.3, 0.4) is 0 Å². The van der Waals surface area contributed by atoms with Gasteiger partial charge in [-0.2, -0.15) is 11.8 Å². The summed E-state index contributed by atoms with van der Waals surface area (Å²) in [6, 6.07) is 5.76. The number of carboxylic acids is 1. The summed E-state index contributed by atoms with van der Waals surface area (Å²) in [7, 11) is 0. The number of aliphatic carboxylic acids is 1. The van der Waals surface area contributed by atoms with Crippen molar-refractivity contribution >= 4 is 17.7 Å². The third-order valence-electron chi connectivity index (χ3n) is 5.68. The van der Waals surface area contributed by atoms with Crippen molar-refractivity contribution in [3.05, 3.63) is 30.1 Å². The van der Waals surface area contributed by atoms with Gasteiger partial charge in [-0.15, -0.1) is 0 Å². The number of halogens is 1. The van der Waals surface area contributed by atoms with E-state index in [2.05, 4.69) is 0 Å². The first kappa shape index (κ1) is 25.9. The van der Waals surface area contributed by atoms with Gasteiger partial charge in [-0.3, -0.25) is 4.79 Å². The first-order valence-corrected chi connectivity index (χ1v) is 12.2. The molecule has 1 aromatic carbocycles. The number of carbonyl (C=O) groups is 1. The lowest BCUT2D eigenvalue weighted by Gasteiger charge is -2.24. The maximum atomic E-state index is 13.2. The Kier molecular flexibility index (Phi) is 11.6. The molecule has 0 aliphatic heterocycles.